The molecular weight excluding hydrogens is 426 g/mol. The maximum Gasteiger partial charge on any atom is 0.333 e. The third-order valence-electron chi connectivity index (χ3n) is 4.73. The van der Waals surface area contributed by atoms with Crippen LogP contribution in [0.3, 0.4) is 0 Å². The first-order chi connectivity index (χ1) is 14.8. The highest BCUT2D eigenvalue weighted by Gasteiger charge is 2.25. The number of nitrogens with one attached hydrogen (secondary N) is 1. The Morgan fingerprint density at radius 2 is 1.94 bits per heavy atom. The molecule has 1 aliphatic heterocycles. The molecule has 0 bridgehead atoms. The lowest BCUT2D eigenvalue weighted by atomic mass is 10.1. The number of non-ortho nitro benzene ring substituents is 1. The van der Waals surface area contributed by atoms with E-state index in [9.17, 15) is 24.5 Å². The maximum atomic E-state index is 12.8. The molecule has 2 aromatic carbocycles. The number of hydrogen-bond acceptors (Lipinski definition) is 6. The topological polar surface area (TPSA) is 121 Å². The number of esters is 1. The fourth-order valence-electron chi connectivity index (χ4n) is 3.26. The van der Waals surface area contributed by atoms with Gasteiger partial charge in [0, 0.05) is 41.4 Å². The van der Waals surface area contributed by atoms with Crippen LogP contribution >= 0.6 is 11.6 Å². The summed E-state index contributed by atoms with van der Waals surface area (Å²) in [6.45, 7) is 0.180. The number of benzene rings is 2. The first kappa shape index (κ1) is 20.3. The molecule has 31 heavy (non-hydrogen) atoms. The van der Waals surface area contributed by atoms with Crippen molar-refractivity contribution in [3.8, 4) is 0 Å². The second-order valence-electron chi connectivity index (χ2n) is 6.82. The maximum absolute atomic E-state index is 12.8. The van der Waals surface area contributed by atoms with E-state index >= 15 is 0 Å². The predicted molar refractivity (Wildman–Crippen MR) is 111 cm³/mol. The molecule has 4 rings (SSSR count). The lowest BCUT2D eigenvalue weighted by molar-refractivity contribution is -0.384. The summed E-state index contributed by atoms with van der Waals surface area (Å²) in [5, 5.41) is 14.5. The highest BCUT2D eigenvalue weighted by molar-refractivity contribution is 6.45. The van der Waals surface area contributed by atoms with Crippen molar-refractivity contribution in [1.29, 1.82) is 0 Å². The monoisotopic (exact) mass is 439 g/mol. The summed E-state index contributed by atoms with van der Waals surface area (Å²) >= 11 is 5.92. The predicted octanol–water partition coefficient (Wildman–Crippen LogP) is 2.99. The number of carbonyl (C=O) groups is 3. The van der Waals surface area contributed by atoms with Gasteiger partial charge in [0.05, 0.1) is 21.7 Å². The molecule has 0 radical (unpaired) electrons. The Bertz CT molecular complexity index is 1280. The van der Waals surface area contributed by atoms with Crippen molar-refractivity contribution in [1.82, 2.24) is 9.88 Å². The van der Waals surface area contributed by atoms with Crippen molar-refractivity contribution in [2.75, 3.05) is 6.61 Å². The number of nitro groups is 1. The van der Waals surface area contributed by atoms with Gasteiger partial charge in [-0.15, -0.1) is 0 Å². The molecule has 0 atom stereocenters. The van der Waals surface area contributed by atoms with Gasteiger partial charge in [0.1, 0.15) is 6.61 Å². The summed E-state index contributed by atoms with van der Waals surface area (Å²) in [6.07, 6.45) is 2.58. The highest BCUT2D eigenvalue weighted by Crippen LogP contribution is 2.27. The standard InChI is InChI=1S/C21H14ClN3O6/c22-13-3-1-12(2-4-13)9-24-10-17(16-6-5-15(25(29)30)8-18(16)24)20(27)21(28)23-14-7-19(26)31-11-14/h1-8,10H,9,11H2,(H,23,28). The number of rotatable bonds is 6. The number of ether oxygens (including phenoxy) is 1. The van der Waals surface area contributed by atoms with Gasteiger partial charge in [-0.1, -0.05) is 23.7 Å². The summed E-state index contributed by atoms with van der Waals surface area (Å²) < 4.78 is 6.36. The number of carbonyl (C=O) groups excluding carboxylic acids is 3. The summed E-state index contributed by atoms with van der Waals surface area (Å²) in [4.78, 5) is 47.1. The lowest BCUT2D eigenvalue weighted by Gasteiger charge is -2.06. The minimum atomic E-state index is -0.937. The molecule has 1 N–H and O–H groups in total. The third kappa shape index (κ3) is 4.17. The summed E-state index contributed by atoms with van der Waals surface area (Å²) in [6, 6.07) is 11.1. The number of nitro benzene ring substituents is 1. The Morgan fingerprint density at radius 1 is 1.19 bits per heavy atom. The van der Waals surface area contributed by atoms with Crippen LogP contribution in [0.15, 0.2) is 60.4 Å². The van der Waals surface area contributed by atoms with E-state index in [0.29, 0.717) is 22.5 Å². The minimum absolute atomic E-state index is 0.0854. The molecule has 0 saturated heterocycles. The Kier molecular flexibility index (Phi) is 5.26. The minimum Gasteiger partial charge on any atom is -0.456 e. The molecule has 1 aliphatic rings. The number of nitrogens with zero attached hydrogens (tertiary/aromatic N) is 2. The van der Waals surface area contributed by atoms with Gasteiger partial charge in [0.2, 0.25) is 0 Å². The molecule has 0 saturated carbocycles. The smallest absolute Gasteiger partial charge is 0.333 e. The Labute approximate surface area is 180 Å². The van der Waals surface area contributed by atoms with Crippen molar-refractivity contribution in [2.45, 2.75) is 6.54 Å². The average Bonchev–Trinajstić information content (AvgIpc) is 3.32. The van der Waals surface area contributed by atoms with Crippen LogP contribution in [0.1, 0.15) is 15.9 Å². The number of fused-ring (bicyclic) bond motifs is 1. The van der Waals surface area contributed by atoms with Crippen LogP contribution in [0, 0.1) is 10.1 Å². The van der Waals surface area contributed by atoms with Crippen molar-refractivity contribution >= 4 is 45.9 Å². The van der Waals surface area contributed by atoms with Crippen molar-refractivity contribution in [2.24, 2.45) is 0 Å². The molecule has 0 fully saturated rings. The van der Waals surface area contributed by atoms with E-state index < -0.39 is 22.6 Å². The number of cyclic esters (lactones) is 1. The van der Waals surface area contributed by atoms with Gasteiger partial charge in [-0.25, -0.2) is 4.79 Å². The number of hydrogen-bond donors (Lipinski definition) is 1. The van der Waals surface area contributed by atoms with Crippen LogP contribution in [0.25, 0.3) is 10.9 Å². The summed E-state index contributed by atoms with van der Waals surface area (Å²) in [7, 11) is 0. The molecule has 156 valence electrons. The molecule has 9 nitrogen and oxygen atoms in total. The summed E-state index contributed by atoms with van der Waals surface area (Å²) in [5.74, 6) is -2.38. The first-order valence-corrected chi connectivity index (χ1v) is 9.44. The zero-order valence-corrected chi connectivity index (χ0v) is 16.6. The molecule has 2 heterocycles. The van der Waals surface area contributed by atoms with Gasteiger partial charge in [-0.2, -0.15) is 0 Å². The Balaban J connectivity index is 1.72. The van der Waals surface area contributed by atoms with E-state index in [1.54, 1.807) is 28.8 Å². The molecule has 0 unspecified atom stereocenters. The third-order valence-corrected chi connectivity index (χ3v) is 4.98. The van der Waals surface area contributed by atoms with Crippen LogP contribution in [-0.2, 0) is 20.9 Å². The average molecular weight is 440 g/mol. The number of Topliss-reactive ketones (excluding diaryl/α,β-unsaturated/α-hetero) is 1. The van der Waals surface area contributed by atoms with E-state index in [2.05, 4.69) is 5.32 Å². The van der Waals surface area contributed by atoms with Gasteiger partial charge < -0.3 is 14.6 Å². The normalized spacial score (nSPS) is 13.1. The van der Waals surface area contributed by atoms with Gasteiger partial charge in [-0.05, 0) is 23.8 Å². The van der Waals surface area contributed by atoms with Crippen molar-refractivity contribution in [3.63, 3.8) is 0 Å². The number of ketones is 1. The fourth-order valence-corrected chi connectivity index (χ4v) is 3.39. The zero-order valence-electron chi connectivity index (χ0n) is 15.8. The highest BCUT2D eigenvalue weighted by atomic mass is 35.5. The van der Waals surface area contributed by atoms with Gasteiger partial charge in [0.15, 0.2) is 0 Å². The SMILES string of the molecule is O=C1C=C(NC(=O)C(=O)c2cn(Cc3ccc(Cl)cc3)c3cc([N+](=O)[O-])ccc23)CO1. The van der Waals surface area contributed by atoms with Gasteiger partial charge in [0.25, 0.3) is 17.4 Å². The second-order valence-corrected chi connectivity index (χ2v) is 7.25. The molecule has 1 amide bonds. The Hall–Kier alpha value is -3.98. The second kappa shape index (κ2) is 8.04. The van der Waals surface area contributed by atoms with Crippen molar-refractivity contribution < 1.29 is 24.0 Å². The number of halogens is 1. The van der Waals surface area contributed by atoms with Gasteiger partial charge >= 0.3 is 5.97 Å². The molecule has 0 spiro atoms. The summed E-state index contributed by atoms with van der Waals surface area (Å²) in [5.41, 5.74) is 1.41. The Morgan fingerprint density at radius 3 is 2.58 bits per heavy atom. The molecule has 3 aromatic rings. The molecule has 1 aromatic heterocycles. The van der Waals surface area contributed by atoms with Crippen LogP contribution in [0.4, 0.5) is 5.69 Å². The largest absolute Gasteiger partial charge is 0.456 e. The van der Waals surface area contributed by atoms with Crippen LogP contribution in [-0.4, -0.2) is 33.8 Å². The number of amides is 1. The zero-order chi connectivity index (χ0) is 22.1. The van der Waals surface area contributed by atoms with Crippen molar-refractivity contribution in [3.05, 3.63) is 86.7 Å². The fraction of sp³-hybridized carbons (Fsp3) is 0.0952. The molecule has 0 aliphatic carbocycles. The van der Waals surface area contributed by atoms with E-state index in [-0.39, 0.29) is 23.6 Å². The van der Waals surface area contributed by atoms with E-state index in [4.69, 9.17) is 16.3 Å². The van der Waals surface area contributed by atoms with Gasteiger partial charge in [-0.3, -0.25) is 19.7 Å². The number of aromatic nitrogens is 1. The molecule has 10 heteroatoms. The first-order valence-electron chi connectivity index (χ1n) is 9.06. The van der Waals surface area contributed by atoms with E-state index in [0.717, 1.165) is 11.6 Å². The van der Waals surface area contributed by atoms with Crippen LogP contribution < -0.4 is 5.32 Å². The van der Waals surface area contributed by atoms with E-state index in [1.807, 2.05) is 0 Å². The molecular formula is C21H14ClN3O6. The van der Waals surface area contributed by atoms with Crippen LogP contribution in [0.2, 0.25) is 5.02 Å². The quantitative estimate of drug-likeness (QED) is 0.207. The lowest BCUT2D eigenvalue weighted by Crippen LogP contribution is -2.31. The van der Waals surface area contributed by atoms with E-state index in [1.165, 1.54) is 24.4 Å². The van der Waals surface area contributed by atoms with Crippen LogP contribution in [0.5, 0.6) is 0 Å².